The smallest absolute Gasteiger partial charge is 0.327 e. The van der Waals surface area contributed by atoms with Crippen molar-refractivity contribution >= 4 is 5.97 Å². The van der Waals surface area contributed by atoms with Gasteiger partial charge >= 0.3 is 5.97 Å². The normalized spacial score (nSPS) is 17.1. The van der Waals surface area contributed by atoms with Crippen LogP contribution in [0.1, 0.15) is 55.3 Å². The fourth-order valence-electron chi connectivity index (χ4n) is 3.11. The van der Waals surface area contributed by atoms with Gasteiger partial charge in [-0.1, -0.05) is 31.0 Å². The molecule has 1 atom stereocenters. The average Bonchev–Trinajstić information content (AvgIpc) is 2.90. The van der Waals surface area contributed by atoms with E-state index in [2.05, 4.69) is 31.3 Å². The second kappa shape index (κ2) is 6.89. The van der Waals surface area contributed by atoms with Gasteiger partial charge < -0.3 is 4.74 Å². The van der Waals surface area contributed by atoms with Crippen molar-refractivity contribution in [3.63, 3.8) is 0 Å². The van der Waals surface area contributed by atoms with Crippen LogP contribution in [0.2, 0.25) is 0 Å². The molecule has 3 heteroatoms. The molecule has 0 bridgehead atoms. The number of carbonyl (C=O) groups excluding carboxylic acids is 1. The van der Waals surface area contributed by atoms with Crippen molar-refractivity contribution in [2.75, 3.05) is 6.61 Å². The summed E-state index contributed by atoms with van der Waals surface area (Å²) in [5.74, 6) is -0.156. The Labute approximate surface area is 121 Å². The molecule has 0 spiro atoms. The Kier molecular flexibility index (Phi) is 5.18. The molecule has 0 heterocycles. The van der Waals surface area contributed by atoms with E-state index in [1.165, 1.54) is 12.8 Å². The second-order valence-corrected chi connectivity index (χ2v) is 5.64. The first-order valence-electron chi connectivity index (χ1n) is 7.62. The molecule has 1 N–H and O–H groups in total. The van der Waals surface area contributed by atoms with Crippen LogP contribution in [0.5, 0.6) is 0 Å². The molecule has 3 nitrogen and oxygen atoms in total. The van der Waals surface area contributed by atoms with E-state index in [1.54, 1.807) is 0 Å². The monoisotopic (exact) mass is 275 g/mol. The van der Waals surface area contributed by atoms with Gasteiger partial charge in [-0.05, 0) is 50.3 Å². The highest BCUT2D eigenvalue weighted by Crippen LogP contribution is 2.27. The van der Waals surface area contributed by atoms with E-state index >= 15 is 0 Å². The van der Waals surface area contributed by atoms with E-state index in [1.807, 2.05) is 13.0 Å². The molecule has 0 aliphatic heterocycles. The number of rotatable bonds is 5. The van der Waals surface area contributed by atoms with E-state index in [4.69, 9.17) is 4.74 Å². The van der Waals surface area contributed by atoms with E-state index < -0.39 is 0 Å². The zero-order valence-corrected chi connectivity index (χ0v) is 12.7. The van der Waals surface area contributed by atoms with Crippen molar-refractivity contribution in [3.8, 4) is 0 Å². The quantitative estimate of drug-likeness (QED) is 0.837. The third-order valence-corrected chi connectivity index (χ3v) is 4.11. The summed E-state index contributed by atoms with van der Waals surface area (Å²) < 4.78 is 5.28. The van der Waals surface area contributed by atoms with Crippen molar-refractivity contribution in [3.05, 3.63) is 34.9 Å². The molecule has 0 radical (unpaired) electrons. The van der Waals surface area contributed by atoms with Crippen molar-refractivity contribution in [2.45, 2.75) is 58.5 Å². The standard InChI is InChI=1S/C17H25NO2/c1-4-20-17(19)16(18-14-10-5-6-11-14)15-12(2)8-7-9-13(15)3/h7-9,14,16,18H,4-6,10-11H2,1-3H3. The zero-order valence-electron chi connectivity index (χ0n) is 12.7. The number of carbonyl (C=O) groups is 1. The molecular weight excluding hydrogens is 250 g/mol. The van der Waals surface area contributed by atoms with Crippen molar-refractivity contribution < 1.29 is 9.53 Å². The number of aryl methyl sites for hydroxylation is 2. The number of esters is 1. The average molecular weight is 275 g/mol. The van der Waals surface area contributed by atoms with Crippen LogP contribution in [0.4, 0.5) is 0 Å². The molecule has 1 fully saturated rings. The van der Waals surface area contributed by atoms with Crippen molar-refractivity contribution in [1.29, 1.82) is 0 Å². The minimum atomic E-state index is -0.334. The molecule has 1 aliphatic rings. The van der Waals surface area contributed by atoms with Gasteiger partial charge in [0, 0.05) is 6.04 Å². The Hall–Kier alpha value is -1.35. The minimum absolute atomic E-state index is 0.156. The lowest BCUT2D eigenvalue weighted by atomic mass is 9.95. The maximum absolute atomic E-state index is 12.4. The maximum Gasteiger partial charge on any atom is 0.327 e. The van der Waals surface area contributed by atoms with Gasteiger partial charge in [0.15, 0.2) is 0 Å². The first-order valence-corrected chi connectivity index (χ1v) is 7.62. The Morgan fingerprint density at radius 2 is 1.90 bits per heavy atom. The highest BCUT2D eigenvalue weighted by molar-refractivity contribution is 5.78. The number of nitrogens with one attached hydrogen (secondary N) is 1. The molecule has 110 valence electrons. The topological polar surface area (TPSA) is 38.3 Å². The number of benzene rings is 1. The fourth-order valence-corrected chi connectivity index (χ4v) is 3.11. The predicted octanol–water partition coefficient (Wildman–Crippen LogP) is 3.44. The number of hydrogen-bond acceptors (Lipinski definition) is 3. The van der Waals surface area contributed by atoms with Gasteiger partial charge in [0.2, 0.25) is 0 Å². The Bertz CT molecular complexity index is 444. The maximum atomic E-state index is 12.4. The van der Waals surface area contributed by atoms with Crippen LogP contribution in [0, 0.1) is 13.8 Å². The summed E-state index contributed by atoms with van der Waals surface area (Å²) in [6.07, 6.45) is 4.81. The zero-order chi connectivity index (χ0) is 14.5. The molecule has 1 aliphatic carbocycles. The molecule has 0 saturated heterocycles. The van der Waals surface area contributed by atoms with E-state index in [9.17, 15) is 4.79 Å². The SMILES string of the molecule is CCOC(=O)C(NC1CCCC1)c1c(C)cccc1C. The summed E-state index contributed by atoms with van der Waals surface area (Å²) in [5, 5.41) is 3.52. The molecule has 1 unspecified atom stereocenters. The number of ether oxygens (including phenoxy) is 1. The summed E-state index contributed by atoms with van der Waals surface area (Å²) in [6.45, 7) is 6.40. The largest absolute Gasteiger partial charge is 0.465 e. The predicted molar refractivity (Wildman–Crippen MR) is 80.7 cm³/mol. The van der Waals surface area contributed by atoms with Gasteiger partial charge in [0.1, 0.15) is 6.04 Å². The van der Waals surface area contributed by atoms with Crippen LogP contribution >= 0.6 is 0 Å². The third kappa shape index (κ3) is 3.40. The van der Waals surface area contributed by atoms with Crippen LogP contribution in [0.25, 0.3) is 0 Å². The van der Waals surface area contributed by atoms with Gasteiger partial charge in [-0.2, -0.15) is 0 Å². The molecule has 0 amide bonds. The van der Waals surface area contributed by atoms with Gasteiger partial charge in [-0.15, -0.1) is 0 Å². The van der Waals surface area contributed by atoms with Crippen LogP contribution in [-0.2, 0) is 9.53 Å². The molecular formula is C17H25NO2. The molecule has 20 heavy (non-hydrogen) atoms. The summed E-state index contributed by atoms with van der Waals surface area (Å²) in [6, 6.07) is 6.25. The summed E-state index contributed by atoms with van der Waals surface area (Å²) in [7, 11) is 0. The van der Waals surface area contributed by atoms with E-state index in [-0.39, 0.29) is 12.0 Å². The molecule has 0 aromatic heterocycles. The minimum Gasteiger partial charge on any atom is -0.465 e. The first-order chi connectivity index (χ1) is 9.63. The third-order valence-electron chi connectivity index (χ3n) is 4.11. The second-order valence-electron chi connectivity index (χ2n) is 5.64. The molecule has 2 rings (SSSR count). The highest BCUT2D eigenvalue weighted by Gasteiger charge is 2.28. The first kappa shape index (κ1) is 15.0. The lowest BCUT2D eigenvalue weighted by molar-refractivity contribution is -0.146. The fraction of sp³-hybridized carbons (Fsp3) is 0.588. The summed E-state index contributed by atoms with van der Waals surface area (Å²) in [5.41, 5.74) is 3.37. The van der Waals surface area contributed by atoms with Crippen LogP contribution in [-0.4, -0.2) is 18.6 Å². The van der Waals surface area contributed by atoms with E-state index in [0.29, 0.717) is 12.6 Å². The van der Waals surface area contributed by atoms with Gasteiger partial charge in [0.05, 0.1) is 6.61 Å². The Morgan fingerprint density at radius 1 is 1.30 bits per heavy atom. The Balaban J connectivity index is 2.27. The highest BCUT2D eigenvalue weighted by atomic mass is 16.5. The summed E-state index contributed by atoms with van der Waals surface area (Å²) >= 11 is 0. The van der Waals surface area contributed by atoms with Crippen LogP contribution < -0.4 is 5.32 Å². The van der Waals surface area contributed by atoms with Crippen LogP contribution in [0.3, 0.4) is 0 Å². The van der Waals surface area contributed by atoms with Crippen LogP contribution in [0.15, 0.2) is 18.2 Å². The van der Waals surface area contributed by atoms with Crippen molar-refractivity contribution in [2.24, 2.45) is 0 Å². The van der Waals surface area contributed by atoms with Gasteiger partial charge in [0.25, 0.3) is 0 Å². The summed E-state index contributed by atoms with van der Waals surface area (Å²) in [4.78, 5) is 12.4. The lowest BCUT2D eigenvalue weighted by Gasteiger charge is -2.24. The van der Waals surface area contributed by atoms with Crippen molar-refractivity contribution in [1.82, 2.24) is 5.32 Å². The molecule has 1 aromatic carbocycles. The van der Waals surface area contributed by atoms with E-state index in [0.717, 1.165) is 29.5 Å². The number of hydrogen-bond donors (Lipinski definition) is 1. The molecule has 1 saturated carbocycles. The van der Waals surface area contributed by atoms with Gasteiger partial charge in [-0.25, -0.2) is 4.79 Å². The Morgan fingerprint density at radius 3 is 2.45 bits per heavy atom. The lowest BCUT2D eigenvalue weighted by Crippen LogP contribution is -2.37. The molecule has 1 aromatic rings. The van der Waals surface area contributed by atoms with Gasteiger partial charge in [-0.3, -0.25) is 5.32 Å².